The predicted octanol–water partition coefficient (Wildman–Crippen LogP) is 2.48. The van der Waals surface area contributed by atoms with Crippen LogP contribution < -0.4 is 10.9 Å². The van der Waals surface area contributed by atoms with Gasteiger partial charge in [0, 0.05) is 11.4 Å². The van der Waals surface area contributed by atoms with Gasteiger partial charge in [0.1, 0.15) is 5.60 Å². The largest absolute Gasteiger partial charge is 0.460 e. The van der Waals surface area contributed by atoms with E-state index in [2.05, 4.69) is 15.5 Å². The molecule has 0 radical (unpaired) electrons. The summed E-state index contributed by atoms with van der Waals surface area (Å²) in [6.07, 6.45) is 3.01. The van der Waals surface area contributed by atoms with Crippen molar-refractivity contribution in [1.29, 1.82) is 0 Å². The molecular weight excluding hydrogens is 358 g/mol. The van der Waals surface area contributed by atoms with Gasteiger partial charge in [0.25, 0.3) is 5.56 Å². The van der Waals surface area contributed by atoms with E-state index in [4.69, 9.17) is 4.74 Å². The van der Waals surface area contributed by atoms with Crippen molar-refractivity contribution in [3.8, 4) is 0 Å². The third-order valence-corrected chi connectivity index (χ3v) is 4.94. The summed E-state index contributed by atoms with van der Waals surface area (Å²) in [4.78, 5) is 36.5. The van der Waals surface area contributed by atoms with E-state index < -0.39 is 5.60 Å². The van der Waals surface area contributed by atoms with Gasteiger partial charge in [0.2, 0.25) is 5.91 Å². The molecule has 0 atom stereocenters. The van der Waals surface area contributed by atoms with Gasteiger partial charge in [0.05, 0.1) is 23.4 Å². The van der Waals surface area contributed by atoms with Crippen molar-refractivity contribution >= 4 is 22.6 Å². The molecule has 0 aliphatic heterocycles. The Balaban J connectivity index is 1.55. The van der Waals surface area contributed by atoms with E-state index in [-0.39, 0.29) is 35.8 Å². The topological polar surface area (TPSA) is 101 Å². The first-order valence-electron chi connectivity index (χ1n) is 9.71. The van der Waals surface area contributed by atoms with Gasteiger partial charge < -0.3 is 10.1 Å². The Bertz CT molecular complexity index is 921. The minimum atomic E-state index is -0.478. The zero-order valence-corrected chi connectivity index (χ0v) is 16.6. The Morgan fingerprint density at radius 3 is 2.43 bits per heavy atom. The SMILES string of the molecule is CC(C)(C)OC(=O)C1CCC(NC(=O)Cc2n[nH]c(=O)c3ccccc23)CC1. The summed E-state index contributed by atoms with van der Waals surface area (Å²) >= 11 is 0. The van der Waals surface area contributed by atoms with Crippen molar-refractivity contribution in [3.05, 3.63) is 40.3 Å². The van der Waals surface area contributed by atoms with Gasteiger partial charge in [-0.2, -0.15) is 5.10 Å². The maximum atomic E-state index is 12.5. The molecule has 1 aromatic heterocycles. The van der Waals surface area contributed by atoms with Crippen LogP contribution in [0.5, 0.6) is 0 Å². The fourth-order valence-electron chi connectivity index (χ4n) is 3.60. The number of ether oxygens (including phenoxy) is 1. The smallest absolute Gasteiger partial charge is 0.309 e. The lowest BCUT2D eigenvalue weighted by molar-refractivity contribution is -0.161. The summed E-state index contributed by atoms with van der Waals surface area (Å²) in [7, 11) is 0. The number of carbonyl (C=O) groups excluding carboxylic acids is 2. The minimum Gasteiger partial charge on any atom is -0.460 e. The molecule has 0 saturated heterocycles. The molecule has 0 spiro atoms. The first-order valence-corrected chi connectivity index (χ1v) is 9.71. The number of aromatic amines is 1. The highest BCUT2D eigenvalue weighted by Crippen LogP contribution is 2.27. The van der Waals surface area contributed by atoms with Crippen LogP contribution >= 0.6 is 0 Å². The number of carbonyl (C=O) groups is 2. The monoisotopic (exact) mass is 385 g/mol. The molecule has 1 fully saturated rings. The summed E-state index contributed by atoms with van der Waals surface area (Å²) in [6.45, 7) is 5.60. The maximum Gasteiger partial charge on any atom is 0.309 e. The molecule has 1 aliphatic rings. The van der Waals surface area contributed by atoms with E-state index in [0.717, 1.165) is 12.8 Å². The lowest BCUT2D eigenvalue weighted by Gasteiger charge is -2.30. The third-order valence-electron chi connectivity index (χ3n) is 4.94. The second-order valence-corrected chi connectivity index (χ2v) is 8.37. The standard InChI is InChI=1S/C21H27N3O4/c1-21(2,3)28-20(27)13-8-10-14(11-9-13)22-18(25)12-17-15-6-4-5-7-16(15)19(26)24-23-17/h4-7,13-14H,8-12H2,1-3H3,(H,22,25)(H,24,26). The average Bonchev–Trinajstić information content (AvgIpc) is 2.63. The van der Waals surface area contributed by atoms with Gasteiger partial charge in [-0.25, -0.2) is 5.10 Å². The number of H-pyrrole nitrogens is 1. The lowest BCUT2D eigenvalue weighted by Crippen LogP contribution is -2.40. The summed E-state index contributed by atoms with van der Waals surface area (Å²) in [5, 5.41) is 10.7. The van der Waals surface area contributed by atoms with Gasteiger partial charge in [-0.1, -0.05) is 18.2 Å². The minimum absolute atomic E-state index is 0.0419. The Morgan fingerprint density at radius 2 is 1.79 bits per heavy atom. The van der Waals surface area contributed by atoms with Crippen molar-refractivity contribution in [3.63, 3.8) is 0 Å². The first-order chi connectivity index (χ1) is 13.2. The predicted molar refractivity (Wildman–Crippen MR) is 106 cm³/mol. The van der Waals surface area contributed by atoms with Crippen LogP contribution in [-0.2, 0) is 20.7 Å². The second kappa shape index (κ2) is 8.12. The Hall–Kier alpha value is -2.70. The molecule has 1 saturated carbocycles. The first kappa shape index (κ1) is 20.0. The van der Waals surface area contributed by atoms with E-state index in [1.807, 2.05) is 26.8 Å². The van der Waals surface area contributed by atoms with Crippen LogP contribution in [0.2, 0.25) is 0 Å². The van der Waals surface area contributed by atoms with E-state index in [1.165, 1.54) is 0 Å². The van der Waals surface area contributed by atoms with Crippen molar-refractivity contribution in [2.75, 3.05) is 0 Å². The number of hydrogen-bond donors (Lipinski definition) is 2. The van der Waals surface area contributed by atoms with Crippen LogP contribution in [0.15, 0.2) is 29.1 Å². The molecule has 0 bridgehead atoms. The maximum absolute atomic E-state index is 12.5. The number of nitrogens with zero attached hydrogens (tertiary/aromatic N) is 1. The molecule has 1 aromatic carbocycles. The Morgan fingerprint density at radius 1 is 1.14 bits per heavy atom. The molecule has 150 valence electrons. The lowest BCUT2D eigenvalue weighted by atomic mass is 9.86. The van der Waals surface area contributed by atoms with E-state index in [9.17, 15) is 14.4 Å². The van der Waals surface area contributed by atoms with Gasteiger partial charge in [-0.15, -0.1) is 0 Å². The highest BCUT2D eigenvalue weighted by molar-refractivity contribution is 5.88. The van der Waals surface area contributed by atoms with Crippen molar-refractivity contribution in [1.82, 2.24) is 15.5 Å². The fraction of sp³-hybridized carbons (Fsp3) is 0.524. The molecule has 0 unspecified atom stereocenters. The van der Waals surface area contributed by atoms with Gasteiger partial charge in [-0.05, 0) is 52.5 Å². The number of amides is 1. The van der Waals surface area contributed by atoms with Crippen LogP contribution in [0.3, 0.4) is 0 Å². The van der Waals surface area contributed by atoms with Crippen LogP contribution in [0.4, 0.5) is 0 Å². The fourth-order valence-corrected chi connectivity index (χ4v) is 3.60. The van der Waals surface area contributed by atoms with Gasteiger partial charge >= 0.3 is 5.97 Å². The molecule has 7 nitrogen and oxygen atoms in total. The number of esters is 1. The number of nitrogens with one attached hydrogen (secondary N) is 2. The molecule has 1 amide bonds. The second-order valence-electron chi connectivity index (χ2n) is 8.37. The molecule has 7 heteroatoms. The molecular formula is C21H27N3O4. The zero-order chi connectivity index (χ0) is 20.3. The van der Waals surface area contributed by atoms with E-state index >= 15 is 0 Å². The summed E-state index contributed by atoms with van der Waals surface area (Å²) < 4.78 is 5.46. The summed E-state index contributed by atoms with van der Waals surface area (Å²) in [5.41, 5.74) is -0.190. The summed E-state index contributed by atoms with van der Waals surface area (Å²) in [6, 6.07) is 7.16. The quantitative estimate of drug-likeness (QED) is 0.788. The van der Waals surface area contributed by atoms with E-state index in [0.29, 0.717) is 29.3 Å². The zero-order valence-electron chi connectivity index (χ0n) is 16.6. The van der Waals surface area contributed by atoms with Gasteiger partial charge in [0.15, 0.2) is 0 Å². The highest BCUT2D eigenvalue weighted by Gasteiger charge is 2.30. The molecule has 1 aliphatic carbocycles. The van der Waals surface area contributed by atoms with Gasteiger partial charge in [-0.3, -0.25) is 14.4 Å². The summed E-state index contributed by atoms with van der Waals surface area (Å²) in [5.74, 6) is -0.385. The van der Waals surface area contributed by atoms with Crippen LogP contribution in [-0.4, -0.2) is 33.7 Å². The Kier molecular flexibility index (Phi) is 5.82. The van der Waals surface area contributed by atoms with Crippen LogP contribution in [0.25, 0.3) is 10.8 Å². The van der Waals surface area contributed by atoms with E-state index in [1.54, 1.807) is 18.2 Å². The number of aromatic nitrogens is 2. The molecule has 28 heavy (non-hydrogen) atoms. The number of hydrogen-bond acceptors (Lipinski definition) is 5. The molecule has 1 heterocycles. The third kappa shape index (κ3) is 4.97. The van der Waals surface area contributed by atoms with Crippen molar-refractivity contribution in [2.24, 2.45) is 5.92 Å². The number of benzene rings is 1. The molecule has 2 N–H and O–H groups in total. The van der Waals surface area contributed by atoms with Crippen LogP contribution in [0.1, 0.15) is 52.1 Å². The van der Waals surface area contributed by atoms with Crippen molar-refractivity contribution < 1.29 is 14.3 Å². The number of fused-ring (bicyclic) bond motifs is 1. The van der Waals surface area contributed by atoms with Crippen molar-refractivity contribution in [2.45, 2.75) is 64.5 Å². The average molecular weight is 385 g/mol. The Labute approximate surface area is 163 Å². The molecule has 2 aromatic rings. The normalized spacial score (nSPS) is 20.0. The number of rotatable bonds is 4. The van der Waals surface area contributed by atoms with Crippen LogP contribution in [0, 0.1) is 5.92 Å². The highest BCUT2D eigenvalue weighted by atomic mass is 16.6. The molecule has 3 rings (SSSR count).